The van der Waals surface area contributed by atoms with Crippen LogP contribution in [-0.4, -0.2) is 38.2 Å². The number of hydrogen-bond donors (Lipinski definition) is 4. The highest BCUT2D eigenvalue weighted by Crippen LogP contribution is 2.35. The number of benzene rings is 3. The molecule has 0 aliphatic carbocycles. The van der Waals surface area contributed by atoms with E-state index in [9.17, 15) is 18.6 Å². The predicted molar refractivity (Wildman–Crippen MR) is 125 cm³/mol. The molecule has 0 saturated heterocycles. The van der Waals surface area contributed by atoms with Crippen LogP contribution in [-0.2, 0) is 16.4 Å². The summed E-state index contributed by atoms with van der Waals surface area (Å²) in [5.41, 5.74) is 2.60. The summed E-state index contributed by atoms with van der Waals surface area (Å²) in [4.78, 5) is 0. The summed E-state index contributed by atoms with van der Waals surface area (Å²) in [5.74, 6) is 1.17. The number of aromatic hydroxyl groups is 1. The minimum atomic E-state index is -3.57. The van der Waals surface area contributed by atoms with Gasteiger partial charge in [0.2, 0.25) is 16.8 Å². The number of hydrogen-bond acceptors (Lipinski definition) is 7. The third-order valence-electron chi connectivity index (χ3n) is 5.34. The zero-order valence-electron chi connectivity index (χ0n) is 18.1. The van der Waals surface area contributed by atoms with Crippen molar-refractivity contribution in [3.8, 4) is 17.2 Å². The molecule has 0 saturated carbocycles. The molecule has 8 nitrogen and oxygen atoms in total. The minimum Gasteiger partial charge on any atom is -0.506 e. The zero-order chi connectivity index (χ0) is 23.4. The quantitative estimate of drug-likeness (QED) is 0.355. The van der Waals surface area contributed by atoms with Crippen molar-refractivity contribution < 1.29 is 28.1 Å². The SMILES string of the molecule is CS(=O)(=O)Nc1cc([C@@H](O)CN[C@@H](Cc2ccccc2)c2ccc3c(c2)OCO3)ccc1O. The van der Waals surface area contributed by atoms with Crippen molar-refractivity contribution >= 4 is 15.7 Å². The van der Waals surface area contributed by atoms with Gasteiger partial charge < -0.3 is 25.0 Å². The van der Waals surface area contributed by atoms with E-state index in [1.54, 1.807) is 6.07 Å². The number of anilines is 1. The predicted octanol–water partition coefficient (Wildman–Crippen LogP) is 3.10. The Bertz CT molecular complexity index is 1220. The molecule has 3 aromatic carbocycles. The zero-order valence-corrected chi connectivity index (χ0v) is 18.9. The number of phenols is 1. The van der Waals surface area contributed by atoms with Gasteiger partial charge in [-0.05, 0) is 47.4 Å². The summed E-state index contributed by atoms with van der Waals surface area (Å²) >= 11 is 0. The van der Waals surface area contributed by atoms with Crippen molar-refractivity contribution in [2.75, 3.05) is 24.3 Å². The molecule has 0 spiro atoms. The fourth-order valence-corrected chi connectivity index (χ4v) is 4.26. The summed E-state index contributed by atoms with van der Waals surface area (Å²) in [6.07, 6.45) is 0.748. The van der Waals surface area contributed by atoms with Gasteiger partial charge in [-0.1, -0.05) is 42.5 Å². The van der Waals surface area contributed by atoms with Gasteiger partial charge in [0.15, 0.2) is 11.5 Å². The van der Waals surface area contributed by atoms with Crippen LogP contribution in [0, 0.1) is 0 Å². The van der Waals surface area contributed by atoms with Crippen LogP contribution in [0.4, 0.5) is 5.69 Å². The van der Waals surface area contributed by atoms with Gasteiger partial charge >= 0.3 is 0 Å². The van der Waals surface area contributed by atoms with Crippen molar-refractivity contribution in [2.45, 2.75) is 18.6 Å². The molecule has 0 radical (unpaired) electrons. The van der Waals surface area contributed by atoms with Crippen molar-refractivity contribution in [1.29, 1.82) is 0 Å². The van der Waals surface area contributed by atoms with Crippen molar-refractivity contribution in [1.82, 2.24) is 5.32 Å². The van der Waals surface area contributed by atoms with E-state index in [0.29, 0.717) is 23.5 Å². The van der Waals surface area contributed by atoms with Gasteiger partial charge in [-0.3, -0.25) is 4.72 Å². The molecular weight excluding hydrogens is 444 g/mol. The second-order valence-electron chi connectivity index (χ2n) is 7.93. The van der Waals surface area contributed by atoms with Gasteiger partial charge in [0.05, 0.1) is 18.0 Å². The maximum absolute atomic E-state index is 11.5. The third-order valence-corrected chi connectivity index (χ3v) is 5.93. The lowest BCUT2D eigenvalue weighted by Gasteiger charge is -2.22. The molecule has 0 aromatic heterocycles. The number of fused-ring (bicyclic) bond motifs is 1. The van der Waals surface area contributed by atoms with Crippen LogP contribution in [0.2, 0.25) is 0 Å². The lowest BCUT2D eigenvalue weighted by atomic mass is 9.97. The van der Waals surface area contributed by atoms with Crippen LogP contribution in [0.25, 0.3) is 0 Å². The molecule has 3 aromatic rings. The number of ether oxygens (including phenoxy) is 2. The van der Waals surface area contributed by atoms with E-state index < -0.39 is 16.1 Å². The highest BCUT2D eigenvalue weighted by Gasteiger charge is 2.20. The van der Waals surface area contributed by atoms with Crippen LogP contribution in [0.15, 0.2) is 66.7 Å². The van der Waals surface area contributed by atoms with Gasteiger partial charge in [0, 0.05) is 12.6 Å². The number of nitrogens with one attached hydrogen (secondary N) is 2. The second-order valence-corrected chi connectivity index (χ2v) is 9.68. The van der Waals surface area contributed by atoms with Gasteiger partial charge in [-0.2, -0.15) is 0 Å². The first kappa shape index (κ1) is 22.9. The molecule has 33 heavy (non-hydrogen) atoms. The fraction of sp³-hybridized carbons (Fsp3) is 0.250. The van der Waals surface area contributed by atoms with Crippen molar-refractivity contribution in [2.24, 2.45) is 0 Å². The Morgan fingerprint density at radius 2 is 1.70 bits per heavy atom. The Morgan fingerprint density at radius 3 is 2.45 bits per heavy atom. The molecule has 1 aliphatic heterocycles. The fourth-order valence-electron chi connectivity index (χ4n) is 3.70. The number of phenolic OH excluding ortho intramolecular Hbond substituents is 1. The molecule has 0 amide bonds. The Hall–Kier alpha value is -3.27. The van der Waals surface area contributed by atoms with Gasteiger partial charge in [-0.15, -0.1) is 0 Å². The molecule has 1 aliphatic rings. The number of aliphatic hydroxyl groups is 1. The van der Waals surface area contributed by atoms with Crippen LogP contribution in [0.1, 0.15) is 28.8 Å². The molecule has 0 unspecified atom stereocenters. The Labute approximate surface area is 192 Å². The lowest BCUT2D eigenvalue weighted by Crippen LogP contribution is -2.28. The monoisotopic (exact) mass is 470 g/mol. The van der Waals surface area contributed by atoms with E-state index in [0.717, 1.165) is 17.4 Å². The van der Waals surface area contributed by atoms with Crippen LogP contribution < -0.4 is 19.5 Å². The van der Waals surface area contributed by atoms with E-state index >= 15 is 0 Å². The highest BCUT2D eigenvalue weighted by atomic mass is 32.2. The molecule has 0 fully saturated rings. The number of sulfonamides is 1. The Balaban J connectivity index is 1.52. The summed E-state index contributed by atoms with van der Waals surface area (Å²) in [7, 11) is -3.57. The van der Waals surface area contributed by atoms with Crippen LogP contribution >= 0.6 is 0 Å². The normalized spacial score (nSPS) is 14.6. The largest absolute Gasteiger partial charge is 0.506 e. The first-order valence-corrected chi connectivity index (χ1v) is 12.3. The average molecular weight is 471 g/mol. The van der Waals surface area contributed by atoms with E-state index in [1.165, 1.54) is 12.1 Å². The van der Waals surface area contributed by atoms with Gasteiger partial charge in [0.25, 0.3) is 0 Å². The second kappa shape index (κ2) is 9.70. The molecule has 4 N–H and O–H groups in total. The Kier molecular flexibility index (Phi) is 6.73. The van der Waals surface area contributed by atoms with Crippen LogP contribution in [0.5, 0.6) is 17.2 Å². The Morgan fingerprint density at radius 1 is 0.970 bits per heavy atom. The van der Waals surface area contributed by atoms with E-state index in [4.69, 9.17) is 9.47 Å². The molecule has 2 atom stereocenters. The minimum absolute atomic E-state index is 0.0191. The van der Waals surface area contributed by atoms with E-state index in [1.807, 2.05) is 48.5 Å². The molecule has 4 rings (SSSR count). The van der Waals surface area contributed by atoms with E-state index in [-0.39, 0.29) is 30.8 Å². The maximum Gasteiger partial charge on any atom is 0.231 e. The summed E-state index contributed by atoms with van der Waals surface area (Å²) in [6, 6.07) is 20.0. The van der Waals surface area contributed by atoms with E-state index in [2.05, 4.69) is 10.0 Å². The highest BCUT2D eigenvalue weighted by molar-refractivity contribution is 7.92. The first-order valence-electron chi connectivity index (χ1n) is 10.4. The first-order chi connectivity index (χ1) is 15.8. The summed E-state index contributed by atoms with van der Waals surface area (Å²) in [6.45, 7) is 0.397. The number of rotatable bonds is 9. The molecule has 0 bridgehead atoms. The third kappa shape index (κ3) is 5.95. The molecular formula is C24H26N2O6S. The van der Waals surface area contributed by atoms with Crippen LogP contribution in [0.3, 0.4) is 0 Å². The van der Waals surface area contributed by atoms with Crippen molar-refractivity contribution in [3.05, 3.63) is 83.4 Å². The smallest absolute Gasteiger partial charge is 0.231 e. The molecule has 1 heterocycles. The lowest BCUT2D eigenvalue weighted by molar-refractivity contribution is 0.169. The van der Waals surface area contributed by atoms with Gasteiger partial charge in [-0.25, -0.2) is 8.42 Å². The summed E-state index contributed by atoms with van der Waals surface area (Å²) in [5, 5.41) is 24.1. The maximum atomic E-state index is 11.5. The topological polar surface area (TPSA) is 117 Å². The van der Waals surface area contributed by atoms with Crippen molar-refractivity contribution in [3.63, 3.8) is 0 Å². The number of aliphatic hydroxyl groups excluding tert-OH is 1. The average Bonchev–Trinajstić information content (AvgIpc) is 3.25. The summed E-state index contributed by atoms with van der Waals surface area (Å²) < 4.78 is 36.3. The standard InChI is InChI=1S/C24H26N2O6S/c1-33(29,30)26-20-12-18(7-9-21(20)27)22(28)14-25-19(11-16-5-3-2-4-6-16)17-8-10-23-24(13-17)32-15-31-23/h2-10,12-13,19,22,25-28H,11,14-15H2,1H3/t19-,22-/m0/s1. The molecule has 174 valence electrons. The molecule has 9 heteroatoms. The van der Waals surface area contributed by atoms with Gasteiger partial charge in [0.1, 0.15) is 5.75 Å².